The molecule has 0 unspecified atom stereocenters. The van der Waals surface area contributed by atoms with E-state index in [4.69, 9.17) is 39.3 Å². The number of thiazole rings is 1. The van der Waals surface area contributed by atoms with Crippen LogP contribution in [-0.4, -0.2) is 10.1 Å². The number of hydrogen-bond donors (Lipinski definition) is 1. The van der Waals surface area contributed by atoms with E-state index in [0.29, 0.717) is 43.5 Å². The molecule has 0 spiro atoms. The fourth-order valence-electron chi connectivity index (χ4n) is 2.90. The summed E-state index contributed by atoms with van der Waals surface area (Å²) in [5, 5.41) is 10.0. The number of alkyl halides is 3. The number of aryl methyl sites for hydroxylation is 1. The van der Waals surface area contributed by atoms with E-state index >= 15 is 0 Å². The van der Waals surface area contributed by atoms with Gasteiger partial charge in [0.25, 0.3) is 0 Å². The topological polar surface area (TPSA) is 51.0 Å². The first-order valence-corrected chi connectivity index (χ1v) is 10.7. The fourth-order valence-corrected chi connectivity index (χ4v) is 4.27. The normalized spacial score (nSPS) is 11.7. The quantitative estimate of drug-likeness (QED) is 0.303. The molecular weight excluding hydrogens is 494 g/mol. The van der Waals surface area contributed by atoms with Gasteiger partial charge >= 0.3 is 6.18 Å². The molecule has 2 heterocycles. The summed E-state index contributed by atoms with van der Waals surface area (Å²) in [6, 6.07) is 8.04. The average Bonchev–Trinajstić information content (AvgIpc) is 3.29. The van der Waals surface area contributed by atoms with Crippen molar-refractivity contribution in [2.75, 3.05) is 5.32 Å². The second kappa shape index (κ2) is 8.35. The number of halogens is 6. The van der Waals surface area contributed by atoms with Gasteiger partial charge in [0.2, 0.25) is 0 Å². The van der Waals surface area contributed by atoms with Crippen molar-refractivity contribution in [3.05, 3.63) is 68.2 Å². The molecule has 0 aliphatic carbocycles. The number of aromatic nitrogens is 2. The smallest absolute Gasteiger partial charge is 0.360 e. The monoisotopic (exact) mass is 503 g/mol. The number of benzene rings is 2. The number of rotatable bonds is 4. The lowest BCUT2D eigenvalue weighted by atomic mass is 10.0. The molecule has 0 bridgehead atoms. The van der Waals surface area contributed by atoms with Gasteiger partial charge in [0.1, 0.15) is 11.5 Å². The summed E-state index contributed by atoms with van der Waals surface area (Å²) in [6.45, 7) is 1.73. The largest absolute Gasteiger partial charge is 0.416 e. The zero-order chi connectivity index (χ0) is 22.3. The minimum atomic E-state index is -4.48. The third-order valence-electron chi connectivity index (χ3n) is 4.34. The van der Waals surface area contributed by atoms with Crippen LogP contribution in [-0.2, 0) is 6.18 Å². The highest BCUT2D eigenvalue weighted by Gasteiger charge is 2.31. The number of nitrogens with one attached hydrogen (secondary N) is 1. The van der Waals surface area contributed by atoms with E-state index in [1.807, 2.05) is 0 Å². The Kier molecular flexibility index (Phi) is 5.91. The second-order valence-electron chi connectivity index (χ2n) is 6.44. The third kappa shape index (κ3) is 4.52. The van der Waals surface area contributed by atoms with Gasteiger partial charge in [0.05, 0.1) is 32.6 Å². The maximum atomic E-state index is 13.0. The highest BCUT2D eigenvalue weighted by atomic mass is 35.5. The highest BCUT2D eigenvalue weighted by Crippen LogP contribution is 2.40. The molecule has 0 atom stereocenters. The van der Waals surface area contributed by atoms with Gasteiger partial charge in [-0.3, -0.25) is 0 Å². The van der Waals surface area contributed by atoms with E-state index < -0.39 is 11.7 Å². The minimum absolute atomic E-state index is 0.0976. The molecule has 160 valence electrons. The van der Waals surface area contributed by atoms with Gasteiger partial charge in [-0.05, 0) is 43.3 Å². The van der Waals surface area contributed by atoms with E-state index in [1.54, 1.807) is 30.5 Å². The lowest BCUT2D eigenvalue weighted by Gasteiger charge is -2.10. The van der Waals surface area contributed by atoms with Gasteiger partial charge in [-0.25, -0.2) is 4.98 Å². The Bertz CT molecular complexity index is 1270. The Hall–Kier alpha value is -2.26. The van der Waals surface area contributed by atoms with Crippen LogP contribution in [0.4, 0.5) is 24.0 Å². The Morgan fingerprint density at radius 3 is 2.52 bits per heavy atom. The molecule has 0 amide bonds. The average molecular weight is 505 g/mol. The summed E-state index contributed by atoms with van der Waals surface area (Å²) in [4.78, 5) is 4.47. The predicted octanol–water partition coefficient (Wildman–Crippen LogP) is 8.50. The summed E-state index contributed by atoms with van der Waals surface area (Å²) in [7, 11) is 0. The number of nitrogens with zero attached hydrogens (tertiary/aromatic N) is 2. The maximum absolute atomic E-state index is 13.0. The van der Waals surface area contributed by atoms with Crippen molar-refractivity contribution in [2.45, 2.75) is 13.1 Å². The number of anilines is 2. The first-order valence-electron chi connectivity index (χ1n) is 8.65. The third-order valence-corrected chi connectivity index (χ3v) is 5.98. The van der Waals surface area contributed by atoms with Crippen molar-refractivity contribution in [1.29, 1.82) is 0 Å². The van der Waals surface area contributed by atoms with Crippen LogP contribution in [0.5, 0.6) is 0 Å². The molecule has 2 aromatic carbocycles. The second-order valence-corrected chi connectivity index (χ2v) is 8.55. The van der Waals surface area contributed by atoms with Crippen molar-refractivity contribution in [1.82, 2.24) is 10.1 Å². The maximum Gasteiger partial charge on any atom is 0.416 e. The Morgan fingerprint density at radius 1 is 1.03 bits per heavy atom. The molecule has 1 N–H and O–H groups in total. The molecule has 11 heteroatoms. The van der Waals surface area contributed by atoms with Gasteiger partial charge in [-0.1, -0.05) is 40.0 Å². The van der Waals surface area contributed by atoms with Gasteiger partial charge in [0.15, 0.2) is 5.13 Å². The zero-order valence-corrected chi connectivity index (χ0v) is 18.6. The highest BCUT2D eigenvalue weighted by molar-refractivity contribution is 7.14. The van der Waals surface area contributed by atoms with Crippen LogP contribution >= 0.6 is 46.1 Å². The van der Waals surface area contributed by atoms with E-state index in [2.05, 4.69) is 15.5 Å². The van der Waals surface area contributed by atoms with Crippen LogP contribution in [0, 0.1) is 6.92 Å². The van der Waals surface area contributed by atoms with Crippen molar-refractivity contribution in [3.8, 4) is 22.5 Å². The van der Waals surface area contributed by atoms with Crippen LogP contribution in [0.1, 0.15) is 11.3 Å². The Labute approximate surface area is 193 Å². The molecule has 2 aromatic heterocycles. The van der Waals surface area contributed by atoms with Gasteiger partial charge in [-0.15, -0.1) is 11.3 Å². The van der Waals surface area contributed by atoms with Crippen LogP contribution in [0.25, 0.3) is 22.5 Å². The van der Waals surface area contributed by atoms with E-state index in [9.17, 15) is 13.2 Å². The molecule has 0 saturated carbocycles. The summed E-state index contributed by atoms with van der Waals surface area (Å²) in [5.74, 6) is 0.509. The van der Waals surface area contributed by atoms with Crippen LogP contribution in [0.3, 0.4) is 0 Å². The van der Waals surface area contributed by atoms with Crippen molar-refractivity contribution in [3.63, 3.8) is 0 Å². The van der Waals surface area contributed by atoms with E-state index in [-0.39, 0.29) is 10.7 Å². The van der Waals surface area contributed by atoms with E-state index in [1.165, 1.54) is 17.4 Å². The molecule has 0 saturated heterocycles. The van der Waals surface area contributed by atoms with Gasteiger partial charge in [-0.2, -0.15) is 13.2 Å². The molecule has 0 aliphatic heterocycles. The molecular formula is C20H11Cl3F3N3OS. The fraction of sp³-hybridized carbons (Fsp3) is 0.100. The molecule has 0 aliphatic rings. The van der Waals surface area contributed by atoms with Crippen molar-refractivity contribution in [2.24, 2.45) is 0 Å². The molecule has 0 fully saturated rings. The van der Waals surface area contributed by atoms with Crippen LogP contribution in [0.2, 0.25) is 15.1 Å². The molecule has 31 heavy (non-hydrogen) atoms. The molecule has 4 aromatic rings. The predicted molar refractivity (Wildman–Crippen MR) is 118 cm³/mol. The van der Waals surface area contributed by atoms with Gasteiger partial charge in [0, 0.05) is 16.0 Å². The summed E-state index contributed by atoms with van der Waals surface area (Å²) < 4.78 is 44.4. The zero-order valence-electron chi connectivity index (χ0n) is 15.5. The van der Waals surface area contributed by atoms with Crippen molar-refractivity contribution >= 4 is 57.0 Å². The summed E-state index contributed by atoms with van der Waals surface area (Å²) in [5.41, 5.74) is 1.51. The molecule has 4 nitrogen and oxygen atoms in total. The SMILES string of the molecule is Cc1onc(-c2ccc(Cl)cc2Cl)c1-c1csc(Nc2cc(C(F)(F)F)ccc2Cl)n1. The van der Waals surface area contributed by atoms with Gasteiger partial charge < -0.3 is 9.84 Å². The lowest BCUT2D eigenvalue weighted by Crippen LogP contribution is -2.05. The Morgan fingerprint density at radius 2 is 1.81 bits per heavy atom. The molecule has 4 rings (SSSR count). The van der Waals surface area contributed by atoms with Crippen LogP contribution < -0.4 is 5.32 Å². The first-order chi connectivity index (χ1) is 14.6. The Balaban J connectivity index is 1.69. The van der Waals surface area contributed by atoms with E-state index in [0.717, 1.165) is 12.1 Å². The van der Waals surface area contributed by atoms with Crippen molar-refractivity contribution < 1.29 is 17.7 Å². The standard InChI is InChI=1S/C20H11Cl3F3N3OS/c1-9-17(18(29-30-9)12-4-3-11(21)7-14(12)23)16-8-31-19(28-16)27-15-6-10(20(24,25)26)2-5-13(15)22/h2-8H,1H3,(H,27,28). The lowest BCUT2D eigenvalue weighted by molar-refractivity contribution is -0.137. The summed E-state index contributed by atoms with van der Waals surface area (Å²) in [6.07, 6.45) is -4.48. The number of hydrogen-bond acceptors (Lipinski definition) is 5. The molecule has 0 radical (unpaired) electrons. The first kappa shape index (κ1) is 22.0. The van der Waals surface area contributed by atoms with Crippen LogP contribution in [0.15, 0.2) is 46.3 Å². The minimum Gasteiger partial charge on any atom is -0.360 e. The summed E-state index contributed by atoms with van der Waals surface area (Å²) >= 11 is 19.5.